The first kappa shape index (κ1) is 23.5. The Balaban J connectivity index is 1.65. The van der Waals surface area contributed by atoms with Crippen molar-refractivity contribution in [1.29, 1.82) is 0 Å². The molecule has 0 saturated heterocycles. The van der Waals surface area contributed by atoms with Crippen LogP contribution in [0.25, 0.3) is 0 Å². The maximum absolute atomic E-state index is 12.8. The largest absolute Gasteiger partial charge is 0.493 e. The second-order valence-electron chi connectivity index (χ2n) is 7.34. The van der Waals surface area contributed by atoms with Crippen LogP contribution in [0.15, 0.2) is 30.3 Å². The smallest absolute Gasteiger partial charge is 0.273 e. The number of nitrogens with zero attached hydrogens (tertiary/aromatic N) is 2. The average Bonchev–Trinajstić information content (AvgIpc) is 2.77. The van der Waals surface area contributed by atoms with Crippen molar-refractivity contribution in [2.24, 2.45) is 0 Å². The van der Waals surface area contributed by atoms with E-state index in [1.165, 1.54) is 36.5 Å². The van der Waals surface area contributed by atoms with E-state index >= 15 is 0 Å². The maximum Gasteiger partial charge on any atom is 0.273 e. The quantitative estimate of drug-likeness (QED) is 0.469. The first-order valence-corrected chi connectivity index (χ1v) is 11.5. The molecular weight excluding hydrogens is 438 g/mol. The Labute approximate surface area is 186 Å². The third-order valence-corrected chi connectivity index (χ3v) is 7.29. The summed E-state index contributed by atoms with van der Waals surface area (Å²) in [6, 6.07) is 7.85. The van der Waals surface area contributed by atoms with Crippen LogP contribution < -0.4 is 14.8 Å². The fourth-order valence-corrected chi connectivity index (χ4v) is 5.00. The number of ether oxygens (including phenoxy) is 2. The molecular formula is C21H25N3O7S. The van der Waals surface area contributed by atoms with E-state index in [1.54, 1.807) is 13.2 Å². The summed E-state index contributed by atoms with van der Waals surface area (Å²) in [5.41, 5.74) is 2.06. The standard InChI is InChI=1S/C21H25N3O7S/c1-14-17(5-4-6-18(14)24(26)27)21(25)22-8-10-32(28,29)23-9-7-15-11-19(30-2)20(31-3)12-16(15)13-23/h4-6,11-12H,7-10,13H2,1-3H3,(H,22,25). The molecule has 2 aromatic rings. The van der Waals surface area contributed by atoms with E-state index in [1.807, 2.05) is 6.07 Å². The highest BCUT2D eigenvalue weighted by Crippen LogP contribution is 2.33. The fourth-order valence-electron chi connectivity index (χ4n) is 3.68. The molecule has 11 heteroatoms. The number of methoxy groups -OCH3 is 2. The van der Waals surface area contributed by atoms with Crippen LogP contribution in [-0.2, 0) is 23.0 Å². The second kappa shape index (κ2) is 9.53. The zero-order valence-electron chi connectivity index (χ0n) is 18.1. The van der Waals surface area contributed by atoms with Crippen LogP contribution in [0.4, 0.5) is 5.69 Å². The van der Waals surface area contributed by atoms with E-state index in [0.717, 1.165) is 11.1 Å². The van der Waals surface area contributed by atoms with E-state index in [4.69, 9.17) is 9.47 Å². The number of nitro groups is 1. The van der Waals surface area contributed by atoms with Gasteiger partial charge in [0.25, 0.3) is 11.6 Å². The first-order chi connectivity index (χ1) is 15.2. The summed E-state index contributed by atoms with van der Waals surface area (Å²) < 4.78 is 37.7. The lowest BCUT2D eigenvalue weighted by molar-refractivity contribution is -0.385. The number of carbonyl (C=O) groups excluding carboxylic acids is 1. The molecule has 1 aliphatic heterocycles. The number of benzene rings is 2. The zero-order chi connectivity index (χ0) is 23.5. The molecule has 1 N–H and O–H groups in total. The predicted octanol–water partition coefficient (Wildman–Crippen LogP) is 2.04. The van der Waals surface area contributed by atoms with Crippen molar-refractivity contribution in [2.75, 3.05) is 33.1 Å². The number of carbonyl (C=O) groups is 1. The van der Waals surface area contributed by atoms with Gasteiger partial charge in [0, 0.05) is 36.8 Å². The average molecular weight is 464 g/mol. The zero-order valence-corrected chi connectivity index (χ0v) is 18.9. The summed E-state index contributed by atoms with van der Waals surface area (Å²) in [5.74, 6) is 0.295. The van der Waals surface area contributed by atoms with Gasteiger partial charge in [-0.05, 0) is 42.7 Å². The van der Waals surface area contributed by atoms with E-state index in [9.17, 15) is 23.3 Å². The van der Waals surface area contributed by atoms with Crippen LogP contribution in [-0.4, -0.2) is 56.6 Å². The van der Waals surface area contributed by atoms with E-state index < -0.39 is 20.9 Å². The van der Waals surface area contributed by atoms with Crippen molar-refractivity contribution in [2.45, 2.75) is 19.9 Å². The Morgan fingerprint density at radius 2 is 1.84 bits per heavy atom. The van der Waals surface area contributed by atoms with Gasteiger partial charge in [-0.2, -0.15) is 4.31 Å². The lowest BCUT2D eigenvalue weighted by Gasteiger charge is -2.29. The normalized spacial score (nSPS) is 13.8. The highest BCUT2D eigenvalue weighted by atomic mass is 32.2. The van der Waals surface area contributed by atoms with Crippen molar-refractivity contribution in [3.8, 4) is 11.5 Å². The van der Waals surface area contributed by atoms with Gasteiger partial charge in [-0.1, -0.05) is 6.07 Å². The molecule has 0 aliphatic carbocycles. The SMILES string of the molecule is COc1cc2c(cc1OC)CN(S(=O)(=O)CCNC(=O)c1cccc([N+](=O)[O-])c1C)CC2. The van der Waals surface area contributed by atoms with Gasteiger partial charge in [0.2, 0.25) is 10.0 Å². The van der Waals surface area contributed by atoms with Gasteiger partial charge in [0.15, 0.2) is 11.5 Å². The number of nitro benzene ring substituents is 1. The molecule has 10 nitrogen and oxygen atoms in total. The first-order valence-electron chi connectivity index (χ1n) is 9.91. The van der Waals surface area contributed by atoms with Crippen molar-refractivity contribution < 1.29 is 27.6 Å². The molecule has 0 fully saturated rings. The molecule has 1 amide bonds. The molecule has 0 bridgehead atoms. The number of sulfonamides is 1. The Morgan fingerprint density at radius 3 is 2.47 bits per heavy atom. The van der Waals surface area contributed by atoms with Crippen LogP contribution in [0.5, 0.6) is 11.5 Å². The predicted molar refractivity (Wildman–Crippen MR) is 118 cm³/mol. The number of rotatable bonds is 8. The van der Waals surface area contributed by atoms with Crippen LogP contribution in [0, 0.1) is 17.0 Å². The van der Waals surface area contributed by atoms with Crippen LogP contribution >= 0.6 is 0 Å². The highest BCUT2D eigenvalue weighted by Gasteiger charge is 2.28. The number of hydrogen-bond donors (Lipinski definition) is 1. The summed E-state index contributed by atoms with van der Waals surface area (Å²) in [6.07, 6.45) is 0.536. The molecule has 1 aliphatic rings. The van der Waals surface area contributed by atoms with Crippen molar-refractivity contribution in [1.82, 2.24) is 9.62 Å². The van der Waals surface area contributed by atoms with Gasteiger partial charge in [-0.3, -0.25) is 14.9 Å². The van der Waals surface area contributed by atoms with Gasteiger partial charge >= 0.3 is 0 Å². The van der Waals surface area contributed by atoms with Gasteiger partial charge in [-0.25, -0.2) is 8.42 Å². The Bertz CT molecular complexity index is 1150. The van der Waals surface area contributed by atoms with Gasteiger partial charge in [0.05, 0.1) is 24.9 Å². The monoisotopic (exact) mass is 463 g/mol. The molecule has 2 aromatic carbocycles. The number of fused-ring (bicyclic) bond motifs is 1. The molecule has 172 valence electrons. The number of nitrogens with one attached hydrogen (secondary N) is 1. The van der Waals surface area contributed by atoms with Gasteiger partial charge in [0.1, 0.15) is 0 Å². The molecule has 3 rings (SSSR count). The molecule has 32 heavy (non-hydrogen) atoms. The summed E-state index contributed by atoms with van der Waals surface area (Å²) in [4.78, 5) is 22.9. The number of hydrogen-bond acceptors (Lipinski definition) is 7. The number of amides is 1. The summed E-state index contributed by atoms with van der Waals surface area (Å²) >= 11 is 0. The Kier molecular flexibility index (Phi) is 6.99. The molecule has 0 radical (unpaired) electrons. The highest BCUT2D eigenvalue weighted by molar-refractivity contribution is 7.89. The maximum atomic E-state index is 12.8. The molecule has 0 spiro atoms. The lowest BCUT2D eigenvalue weighted by Crippen LogP contribution is -2.40. The fraction of sp³-hybridized carbons (Fsp3) is 0.381. The summed E-state index contributed by atoms with van der Waals surface area (Å²) in [6.45, 7) is 1.90. The lowest BCUT2D eigenvalue weighted by atomic mass is 10.0. The molecule has 0 aromatic heterocycles. The minimum absolute atomic E-state index is 0.113. The Hall–Kier alpha value is -3.18. The Morgan fingerprint density at radius 1 is 1.19 bits per heavy atom. The molecule has 0 unspecified atom stereocenters. The van der Waals surface area contributed by atoms with Crippen molar-refractivity contribution in [3.05, 3.63) is 62.7 Å². The summed E-state index contributed by atoms with van der Waals surface area (Å²) in [7, 11) is -0.563. The molecule has 1 heterocycles. The van der Waals surface area contributed by atoms with Gasteiger partial charge < -0.3 is 14.8 Å². The van der Waals surface area contributed by atoms with Crippen LogP contribution in [0.3, 0.4) is 0 Å². The summed E-state index contributed by atoms with van der Waals surface area (Å²) in [5, 5.41) is 13.6. The molecule has 0 saturated carbocycles. The van der Waals surface area contributed by atoms with Crippen molar-refractivity contribution >= 4 is 21.6 Å². The van der Waals surface area contributed by atoms with Crippen LogP contribution in [0.1, 0.15) is 27.0 Å². The third-order valence-electron chi connectivity index (χ3n) is 5.47. The minimum atomic E-state index is -3.63. The topological polar surface area (TPSA) is 128 Å². The second-order valence-corrected chi connectivity index (χ2v) is 9.43. The third kappa shape index (κ3) is 4.83. The van der Waals surface area contributed by atoms with E-state index in [-0.39, 0.29) is 35.7 Å². The van der Waals surface area contributed by atoms with E-state index in [2.05, 4.69) is 5.32 Å². The van der Waals surface area contributed by atoms with E-state index in [0.29, 0.717) is 24.5 Å². The molecule has 0 atom stereocenters. The van der Waals surface area contributed by atoms with Gasteiger partial charge in [-0.15, -0.1) is 0 Å². The van der Waals surface area contributed by atoms with Crippen LogP contribution in [0.2, 0.25) is 0 Å². The van der Waals surface area contributed by atoms with Crippen molar-refractivity contribution in [3.63, 3.8) is 0 Å². The minimum Gasteiger partial charge on any atom is -0.493 e.